The molecule has 0 spiro atoms. The minimum atomic E-state index is 0.306. The van der Waals surface area contributed by atoms with Crippen LogP contribution in [-0.2, 0) is 0 Å². The molecule has 2 rings (SSSR count). The molecule has 0 radical (unpaired) electrons. The van der Waals surface area contributed by atoms with Gasteiger partial charge in [0.05, 0.1) is 0 Å². The summed E-state index contributed by atoms with van der Waals surface area (Å²) in [5.74, 6) is 0. The van der Waals surface area contributed by atoms with Crippen molar-refractivity contribution in [1.82, 2.24) is 5.32 Å². The van der Waals surface area contributed by atoms with Gasteiger partial charge in [-0.2, -0.15) is 0 Å². The molecule has 2 heteroatoms. The van der Waals surface area contributed by atoms with E-state index in [2.05, 4.69) is 69.1 Å². The summed E-state index contributed by atoms with van der Waals surface area (Å²) in [4.78, 5) is 2.60. The fourth-order valence-corrected chi connectivity index (χ4v) is 2.87. The van der Waals surface area contributed by atoms with Crippen molar-refractivity contribution in [3.8, 4) is 0 Å². The first-order valence-electron chi connectivity index (χ1n) is 7.48. The number of hydrogen-bond donors (Lipinski definition) is 1. The molecule has 1 aliphatic rings. The molecular formula is C17H28N2. The average molecular weight is 260 g/mol. The topological polar surface area (TPSA) is 15.3 Å². The van der Waals surface area contributed by atoms with Gasteiger partial charge in [-0.25, -0.2) is 0 Å². The zero-order valence-corrected chi connectivity index (χ0v) is 13.0. The van der Waals surface area contributed by atoms with Crippen molar-refractivity contribution in [3.63, 3.8) is 0 Å². The molecule has 1 aromatic carbocycles. The Morgan fingerprint density at radius 3 is 2.63 bits per heavy atom. The van der Waals surface area contributed by atoms with Crippen LogP contribution in [0.1, 0.15) is 39.7 Å². The van der Waals surface area contributed by atoms with Crippen LogP contribution in [0.15, 0.2) is 24.3 Å². The smallest absolute Gasteiger partial charge is 0.0412 e. The highest BCUT2D eigenvalue weighted by atomic mass is 15.2. The SMILES string of the molecule is CCC1CNC(C(C)(C)C)CN1c1cccc(C)c1. The van der Waals surface area contributed by atoms with E-state index >= 15 is 0 Å². The van der Waals surface area contributed by atoms with E-state index < -0.39 is 0 Å². The summed E-state index contributed by atoms with van der Waals surface area (Å²) < 4.78 is 0. The molecule has 0 aliphatic carbocycles. The van der Waals surface area contributed by atoms with Gasteiger partial charge in [-0.1, -0.05) is 39.8 Å². The number of benzene rings is 1. The standard InChI is InChI=1S/C17H28N2/c1-6-14-11-18-16(17(3,4)5)12-19(14)15-9-7-8-13(2)10-15/h7-10,14,16,18H,6,11-12H2,1-5H3. The van der Waals surface area contributed by atoms with Crippen LogP contribution in [0.5, 0.6) is 0 Å². The molecule has 19 heavy (non-hydrogen) atoms. The third-order valence-electron chi connectivity index (χ3n) is 4.27. The normalized spacial score (nSPS) is 24.6. The predicted molar refractivity (Wildman–Crippen MR) is 83.8 cm³/mol. The molecule has 1 N–H and O–H groups in total. The molecule has 0 aromatic heterocycles. The first-order valence-corrected chi connectivity index (χ1v) is 7.48. The van der Waals surface area contributed by atoms with Crippen molar-refractivity contribution in [2.75, 3.05) is 18.0 Å². The Labute approximate surface area is 118 Å². The van der Waals surface area contributed by atoms with Crippen LogP contribution in [0, 0.1) is 12.3 Å². The summed E-state index contributed by atoms with van der Waals surface area (Å²) in [6, 6.07) is 10.1. The van der Waals surface area contributed by atoms with Gasteiger partial charge in [-0.15, -0.1) is 0 Å². The maximum absolute atomic E-state index is 3.73. The Kier molecular flexibility index (Phi) is 4.19. The van der Waals surface area contributed by atoms with Gasteiger partial charge in [0, 0.05) is 30.9 Å². The molecule has 1 heterocycles. The minimum absolute atomic E-state index is 0.306. The Bertz CT molecular complexity index is 420. The van der Waals surface area contributed by atoms with Crippen molar-refractivity contribution in [1.29, 1.82) is 0 Å². The second-order valence-electron chi connectivity index (χ2n) is 6.88. The Morgan fingerprint density at radius 2 is 2.05 bits per heavy atom. The molecule has 2 atom stereocenters. The molecule has 1 aliphatic heterocycles. The number of hydrogen-bond acceptors (Lipinski definition) is 2. The lowest BCUT2D eigenvalue weighted by molar-refractivity contribution is 0.233. The fourth-order valence-electron chi connectivity index (χ4n) is 2.87. The molecule has 2 unspecified atom stereocenters. The molecule has 1 fully saturated rings. The highest BCUT2D eigenvalue weighted by molar-refractivity contribution is 5.50. The maximum Gasteiger partial charge on any atom is 0.0412 e. The Balaban J connectivity index is 2.23. The van der Waals surface area contributed by atoms with Crippen molar-refractivity contribution >= 4 is 5.69 Å². The first kappa shape index (κ1) is 14.4. The van der Waals surface area contributed by atoms with Gasteiger partial charge in [-0.05, 0) is 36.5 Å². The van der Waals surface area contributed by atoms with Gasteiger partial charge in [0.15, 0.2) is 0 Å². The maximum atomic E-state index is 3.73. The van der Waals surface area contributed by atoms with E-state index in [4.69, 9.17) is 0 Å². The van der Waals surface area contributed by atoms with Crippen LogP contribution in [0.3, 0.4) is 0 Å². The quantitative estimate of drug-likeness (QED) is 0.874. The molecule has 1 saturated heterocycles. The van der Waals surface area contributed by atoms with Gasteiger partial charge in [0.1, 0.15) is 0 Å². The van der Waals surface area contributed by atoms with Crippen molar-refractivity contribution in [3.05, 3.63) is 29.8 Å². The number of nitrogens with zero attached hydrogens (tertiary/aromatic N) is 1. The third kappa shape index (κ3) is 3.30. The van der Waals surface area contributed by atoms with Gasteiger partial charge in [0.25, 0.3) is 0 Å². The van der Waals surface area contributed by atoms with E-state index in [1.165, 1.54) is 17.7 Å². The van der Waals surface area contributed by atoms with E-state index in [1.54, 1.807) is 0 Å². The molecule has 0 bridgehead atoms. The predicted octanol–water partition coefficient (Wildman–Crippen LogP) is 3.60. The molecule has 0 saturated carbocycles. The Hall–Kier alpha value is -1.02. The van der Waals surface area contributed by atoms with E-state index in [0.29, 0.717) is 17.5 Å². The van der Waals surface area contributed by atoms with Crippen molar-refractivity contribution in [2.24, 2.45) is 5.41 Å². The average Bonchev–Trinajstić information content (AvgIpc) is 2.37. The summed E-state index contributed by atoms with van der Waals surface area (Å²) in [6.45, 7) is 13.6. The van der Waals surface area contributed by atoms with E-state index in [0.717, 1.165) is 13.1 Å². The number of anilines is 1. The lowest BCUT2D eigenvalue weighted by Crippen LogP contribution is -2.60. The van der Waals surface area contributed by atoms with E-state index in [-0.39, 0.29) is 0 Å². The van der Waals surface area contributed by atoms with Crippen LogP contribution in [0.25, 0.3) is 0 Å². The first-order chi connectivity index (χ1) is 8.91. The summed E-state index contributed by atoms with van der Waals surface area (Å²) in [5.41, 5.74) is 3.03. The zero-order valence-electron chi connectivity index (χ0n) is 13.0. The number of piperazine rings is 1. The van der Waals surface area contributed by atoms with Crippen molar-refractivity contribution < 1.29 is 0 Å². The van der Waals surface area contributed by atoms with Crippen LogP contribution < -0.4 is 10.2 Å². The number of nitrogens with one attached hydrogen (secondary N) is 1. The van der Waals surface area contributed by atoms with E-state index in [9.17, 15) is 0 Å². The number of aryl methyl sites for hydroxylation is 1. The zero-order chi connectivity index (χ0) is 14.0. The summed E-state index contributed by atoms with van der Waals surface area (Å²) in [7, 11) is 0. The van der Waals surface area contributed by atoms with Gasteiger partial charge in [0.2, 0.25) is 0 Å². The fraction of sp³-hybridized carbons (Fsp3) is 0.647. The van der Waals surface area contributed by atoms with E-state index in [1.807, 2.05) is 0 Å². The number of rotatable bonds is 2. The summed E-state index contributed by atoms with van der Waals surface area (Å²) in [6.07, 6.45) is 1.19. The molecule has 1 aromatic rings. The highest BCUT2D eigenvalue weighted by Crippen LogP contribution is 2.28. The lowest BCUT2D eigenvalue weighted by Gasteiger charge is -2.46. The lowest BCUT2D eigenvalue weighted by atomic mass is 9.84. The van der Waals surface area contributed by atoms with Crippen LogP contribution >= 0.6 is 0 Å². The second kappa shape index (κ2) is 5.54. The largest absolute Gasteiger partial charge is 0.366 e. The molecule has 2 nitrogen and oxygen atoms in total. The van der Waals surface area contributed by atoms with Gasteiger partial charge in [-0.3, -0.25) is 0 Å². The molecule has 0 amide bonds. The highest BCUT2D eigenvalue weighted by Gasteiger charge is 2.33. The van der Waals surface area contributed by atoms with Crippen LogP contribution in [0.2, 0.25) is 0 Å². The summed E-state index contributed by atoms with van der Waals surface area (Å²) >= 11 is 0. The van der Waals surface area contributed by atoms with Gasteiger partial charge < -0.3 is 10.2 Å². The van der Waals surface area contributed by atoms with Crippen LogP contribution in [0.4, 0.5) is 5.69 Å². The molecule has 106 valence electrons. The Morgan fingerprint density at radius 1 is 1.32 bits per heavy atom. The minimum Gasteiger partial charge on any atom is -0.366 e. The van der Waals surface area contributed by atoms with Crippen molar-refractivity contribution in [2.45, 2.75) is 53.1 Å². The monoisotopic (exact) mass is 260 g/mol. The summed E-state index contributed by atoms with van der Waals surface area (Å²) in [5, 5.41) is 3.73. The van der Waals surface area contributed by atoms with Crippen LogP contribution in [-0.4, -0.2) is 25.2 Å². The third-order valence-corrected chi connectivity index (χ3v) is 4.27. The van der Waals surface area contributed by atoms with Gasteiger partial charge >= 0.3 is 0 Å². The second-order valence-corrected chi connectivity index (χ2v) is 6.88. The molecular weight excluding hydrogens is 232 g/mol.